The number of aromatic hydroxyl groups is 1. The molecule has 0 saturated heterocycles. The SMILES string of the molecule is CCOC(=O)c1ccc(O)cc1.[O-2].[O-2].[Ti+4]. The van der Waals surface area contributed by atoms with E-state index in [1.165, 1.54) is 24.3 Å². The monoisotopic (exact) mass is 246 g/mol. The molecule has 0 atom stereocenters. The van der Waals surface area contributed by atoms with E-state index >= 15 is 0 Å². The van der Waals surface area contributed by atoms with Crippen molar-refractivity contribution in [2.45, 2.75) is 6.92 Å². The number of phenolic OH excluding ortho intramolecular Hbond substituents is 1. The first-order chi connectivity index (χ1) is 5.74. The molecule has 5 nitrogen and oxygen atoms in total. The fourth-order valence-corrected chi connectivity index (χ4v) is 0.812. The molecule has 0 heterocycles. The van der Waals surface area contributed by atoms with Crippen molar-refractivity contribution in [2.24, 2.45) is 0 Å². The van der Waals surface area contributed by atoms with Gasteiger partial charge in [-0.1, -0.05) is 0 Å². The maximum atomic E-state index is 11.1. The minimum atomic E-state index is -0.363. The van der Waals surface area contributed by atoms with Gasteiger partial charge in [0.25, 0.3) is 0 Å². The van der Waals surface area contributed by atoms with Gasteiger partial charge in [0.15, 0.2) is 0 Å². The summed E-state index contributed by atoms with van der Waals surface area (Å²) in [6.45, 7) is 2.11. The molecule has 0 bridgehead atoms. The zero-order valence-corrected chi connectivity index (χ0v) is 9.66. The fraction of sp³-hybridized carbons (Fsp3) is 0.222. The van der Waals surface area contributed by atoms with E-state index in [0.717, 1.165) is 0 Å². The van der Waals surface area contributed by atoms with E-state index in [0.29, 0.717) is 12.2 Å². The molecular weight excluding hydrogens is 236 g/mol. The average Bonchev–Trinajstić information content (AvgIpc) is 2.06. The third kappa shape index (κ3) is 6.25. The molecule has 0 aliphatic heterocycles. The molecule has 15 heavy (non-hydrogen) atoms. The summed E-state index contributed by atoms with van der Waals surface area (Å²) >= 11 is 0. The van der Waals surface area contributed by atoms with E-state index in [1.807, 2.05) is 0 Å². The number of ether oxygens (including phenoxy) is 1. The summed E-state index contributed by atoms with van der Waals surface area (Å²) in [7, 11) is 0. The maximum absolute atomic E-state index is 11.1. The molecule has 1 aromatic carbocycles. The van der Waals surface area contributed by atoms with Crippen molar-refractivity contribution >= 4 is 5.97 Å². The molecule has 0 aliphatic rings. The second-order valence-corrected chi connectivity index (χ2v) is 2.27. The minimum Gasteiger partial charge on any atom is -2.00 e. The molecule has 0 aromatic heterocycles. The summed E-state index contributed by atoms with van der Waals surface area (Å²) in [6, 6.07) is 5.94. The summed E-state index contributed by atoms with van der Waals surface area (Å²) in [6.07, 6.45) is 0. The van der Waals surface area contributed by atoms with Gasteiger partial charge >= 0.3 is 27.7 Å². The molecule has 1 aromatic rings. The van der Waals surface area contributed by atoms with Crippen molar-refractivity contribution in [1.82, 2.24) is 0 Å². The zero-order valence-electron chi connectivity index (χ0n) is 8.10. The summed E-state index contributed by atoms with van der Waals surface area (Å²) in [5.74, 6) is -0.222. The molecule has 1 rings (SSSR count). The van der Waals surface area contributed by atoms with Gasteiger partial charge in [-0.3, -0.25) is 0 Å². The van der Waals surface area contributed by atoms with E-state index in [4.69, 9.17) is 9.84 Å². The predicted molar refractivity (Wildman–Crippen MR) is 45.4 cm³/mol. The van der Waals surface area contributed by atoms with E-state index in [2.05, 4.69) is 0 Å². The first-order valence-corrected chi connectivity index (χ1v) is 3.70. The third-order valence-corrected chi connectivity index (χ3v) is 1.38. The number of hydrogen-bond acceptors (Lipinski definition) is 3. The van der Waals surface area contributed by atoms with Gasteiger partial charge in [-0.15, -0.1) is 0 Å². The van der Waals surface area contributed by atoms with Crippen LogP contribution in [0.25, 0.3) is 0 Å². The van der Waals surface area contributed by atoms with Gasteiger partial charge in [-0.25, -0.2) is 4.79 Å². The van der Waals surface area contributed by atoms with Crippen molar-refractivity contribution in [3.05, 3.63) is 29.8 Å². The van der Waals surface area contributed by atoms with Crippen LogP contribution in [0.5, 0.6) is 5.75 Å². The standard InChI is InChI=1S/C9H10O3.2O.Ti/c1-2-12-9(11)7-3-5-8(10)6-4-7;;;/h3-6,10H,2H2,1H3;;;/q;2*-2;+4. The quantitative estimate of drug-likeness (QED) is 0.628. The van der Waals surface area contributed by atoms with Gasteiger partial charge in [-0.05, 0) is 31.2 Å². The number of esters is 1. The second kappa shape index (κ2) is 9.67. The normalized spacial score (nSPS) is 7.53. The molecule has 0 saturated carbocycles. The molecule has 0 unspecified atom stereocenters. The summed E-state index contributed by atoms with van der Waals surface area (Å²) in [4.78, 5) is 11.1. The molecule has 0 amide bonds. The molecule has 1 N–H and O–H groups in total. The van der Waals surface area contributed by atoms with Gasteiger partial charge in [-0.2, -0.15) is 0 Å². The fourth-order valence-electron chi connectivity index (χ4n) is 0.812. The Hall–Kier alpha value is -0.876. The first-order valence-electron chi connectivity index (χ1n) is 3.70. The van der Waals surface area contributed by atoms with Crippen LogP contribution in [-0.4, -0.2) is 17.7 Å². The molecule has 0 radical (unpaired) electrons. The van der Waals surface area contributed by atoms with Gasteiger partial charge in [0.2, 0.25) is 0 Å². The molecular formula is C9H10O5Ti. The van der Waals surface area contributed by atoms with Crippen LogP contribution in [0.15, 0.2) is 24.3 Å². The Morgan fingerprint density at radius 2 is 1.73 bits per heavy atom. The number of hydrogen-bond donors (Lipinski definition) is 1. The van der Waals surface area contributed by atoms with E-state index in [9.17, 15) is 4.79 Å². The van der Waals surface area contributed by atoms with Crippen LogP contribution in [-0.2, 0) is 37.4 Å². The maximum Gasteiger partial charge on any atom is 4.00 e. The van der Waals surface area contributed by atoms with Gasteiger partial charge in [0, 0.05) is 0 Å². The number of carbonyl (C=O) groups is 1. The van der Waals surface area contributed by atoms with Crippen molar-refractivity contribution < 1.29 is 47.3 Å². The molecule has 0 fully saturated rings. The van der Waals surface area contributed by atoms with Crippen LogP contribution in [0, 0.1) is 0 Å². The topological polar surface area (TPSA) is 104 Å². The van der Waals surface area contributed by atoms with Gasteiger partial charge in [0.05, 0.1) is 12.2 Å². The van der Waals surface area contributed by atoms with Gasteiger partial charge in [0.1, 0.15) is 5.75 Å². The Morgan fingerprint density at radius 3 is 2.13 bits per heavy atom. The van der Waals surface area contributed by atoms with Crippen molar-refractivity contribution in [3.63, 3.8) is 0 Å². The zero-order chi connectivity index (χ0) is 8.97. The Bertz CT molecular complexity index is 272. The van der Waals surface area contributed by atoms with Gasteiger partial charge < -0.3 is 20.8 Å². The number of rotatable bonds is 2. The largest absolute Gasteiger partial charge is 4.00 e. The second-order valence-electron chi connectivity index (χ2n) is 2.27. The Balaban J connectivity index is -0.000000480. The number of benzene rings is 1. The Morgan fingerprint density at radius 1 is 1.27 bits per heavy atom. The van der Waals surface area contributed by atoms with Crippen LogP contribution < -0.4 is 0 Å². The summed E-state index contributed by atoms with van der Waals surface area (Å²) < 4.78 is 4.75. The molecule has 0 aliphatic carbocycles. The van der Waals surface area contributed by atoms with Crippen LogP contribution in [0.3, 0.4) is 0 Å². The summed E-state index contributed by atoms with van der Waals surface area (Å²) in [5.41, 5.74) is 0.453. The van der Waals surface area contributed by atoms with Crippen molar-refractivity contribution in [2.75, 3.05) is 6.61 Å². The Labute approximate surface area is 103 Å². The number of phenols is 1. The van der Waals surface area contributed by atoms with E-state index in [1.54, 1.807) is 6.92 Å². The first kappa shape index (κ1) is 19.7. The number of carbonyl (C=O) groups excluding carboxylic acids is 1. The van der Waals surface area contributed by atoms with Crippen LogP contribution >= 0.6 is 0 Å². The van der Waals surface area contributed by atoms with E-state index < -0.39 is 0 Å². The average molecular weight is 246 g/mol. The predicted octanol–water partition coefficient (Wildman–Crippen LogP) is 1.33. The van der Waals surface area contributed by atoms with Crippen molar-refractivity contribution in [3.8, 4) is 5.75 Å². The third-order valence-electron chi connectivity index (χ3n) is 1.38. The smallest absolute Gasteiger partial charge is 2.00 e. The minimum absolute atomic E-state index is 0. The summed E-state index contributed by atoms with van der Waals surface area (Å²) in [5, 5.41) is 8.92. The van der Waals surface area contributed by atoms with E-state index in [-0.39, 0.29) is 44.4 Å². The molecule has 80 valence electrons. The van der Waals surface area contributed by atoms with Crippen LogP contribution in [0.4, 0.5) is 0 Å². The Kier molecular flexibility index (Phi) is 12.7. The molecule has 6 heteroatoms. The van der Waals surface area contributed by atoms with Crippen molar-refractivity contribution in [1.29, 1.82) is 0 Å². The molecule has 0 spiro atoms. The van der Waals surface area contributed by atoms with Crippen LogP contribution in [0.2, 0.25) is 0 Å². The van der Waals surface area contributed by atoms with Crippen LogP contribution in [0.1, 0.15) is 17.3 Å².